The molecule has 0 atom stereocenters. The lowest BCUT2D eigenvalue weighted by Gasteiger charge is -2.04. The average molecular weight is 292 g/mol. The average Bonchev–Trinajstić information content (AvgIpc) is 2.88. The first kappa shape index (κ1) is 17.9. The van der Waals surface area contributed by atoms with E-state index >= 15 is 0 Å². The van der Waals surface area contributed by atoms with E-state index in [4.69, 9.17) is 0 Å². The number of aromatic nitrogens is 2. The Hall–Kier alpha value is -1.12. The van der Waals surface area contributed by atoms with Crippen molar-refractivity contribution in [3.05, 3.63) is 17.5 Å². The van der Waals surface area contributed by atoms with Crippen LogP contribution in [0.4, 0.5) is 0 Å². The van der Waals surface area contributed by atoms with Gasteiger partial charge in [-0.05, 0) is 25.8 Å². The zero-order valence-electron chi connectivity index (χ0n) is 14.2. The van der Waals surface area contributed by atoms with E-state index in [1.54, 1.807) is 0 Å². The summed E-state index contributed by atoms with van der Waals surface area (Å²) in [6.07, 6.45) is 11.1. The minimum atomic E-state index is 0.362. The van der Waals surface area contributed by atoms with Crippen molar-refractivity contribution >= 4 is 5.78 Å². The van der Waals surface area contributed by atoms with Crippen LogP contribution in [0.2, 0.25) is 0 Å². The maximum atomic E-state index is 12.1. The van der Waals surface area contributed by atoms with Gasteiger partial charge in [0.2, 0.25) is 0 Å². The number of Topliss-reactive ketones (excluding diaryl/α,β-unsaturated/α-hetero) is 1. The van der Waals surface area contributed by atoms with Crippen LogP contribution in [0, 0.1) is 0 Å². The molecule has 1 aromatic heterocycles. The summed E-state index contributed by atoms with van der Waals surface area (Å²) >= 11 is 0. The summed E-state index contributed by atoms with van der Waals surface area (Å²) in [6, 6.07) is 2.09. The summed E-state index contributed by atoms with van der Waals surface area (Å²) in [5.74, 6) is 0.362. The highest BCUT2D eigenvalue weighted by Gasteiger charge is 2.10. The number of carbonyl (C=O) groups excluding carboxylic acids is 1. The highest BCUT2D eigenvalue weighted by molar-refractivity contribution is 5.80. The van der Waals surface area contributed by atoms with Gasteiger partial charge in [-0.25, -0.2) is 0 Å². The summed E-state index contributed by atoms with van der Waals surface area (Å²) in [7, 11) is 0. The summed E-state index contributed by atoms with van der Waals surface area (Å²) < 4.78 is 1.97. The number of carbonyl (C=O) groups is 1. The van der Waals surface area contributed by atoms with Crippen molar-refractivity contribution in [2.75, 3.05) is 0 Å². The molecule has 0 amide bonds. The van der Waals surface area contributed by atoms with Crippen LogP contribution in [0.25, 0.3) is 0 Å². The summed E-state index contributed by atoms with van der Waals surface area (Å²) in [5.41, 5.74) is 2.18. The van der Waals surface area contributed by atoms with E-state index in [2.05, 4.69) is 31.9 Å². The molecular weight excluding hydrogens is 260 g/mol. The second kappa shape index (κ2) is 10.6. The molecule has 21 heavy (non-hydrogen) atoms. The Morgan fingerprint density at radius 2 is 1.71 bits per heavy atom. The zero-order valence-corrected chi connectivity index (χ0v) is 14.2. The molecule has 0 fully saturated rings. The Morgan fingerprint density at radius 3 is 2.33 bits per heavy atom. The summed E-state index contributed by atoms with van der Waals surface area (Å²) in [6.45, 7) is 7.27. The van der Waals surface area contributed by atoms with Gasteiger partial charge >= 0.3 is 0 Å². The number of ketones is 1. The fourth-order valence-electron chi connectivity index (χ4n) is 2.67. The van der Waals surface area contributed by atoms with Gasteiger partial charge in [-0.3, -0.25) is 9.48 Å². The molecule has 0 unspecified atom stereocenters. The van der Waals surface area contributed by atoms with Crippen molar-refractivity contribution in [2.45, 2.75) is 91.5 Å². The van der Waals surface area contributed by atoms with E-state index in [-0.39, 0.29) is 0 Å². The molecule has 3 nitrogen and oxygen atoms in total. The van der Waals surface area contributed by atoms with Crippen LogP contribution in [-0.2, 0) is 24.2 Å². The highest BCUT2D eigenvalue weighted by atomic mass is 16.1. The van der Waals surface area contributed by atoms with E-state index in [1.165, 1.54) is 38.5 Å². The molecule has 3 heteroatoms. The molecule has 0 bridgehead atoms. The normalized spacial score (nSPS) is 11.0. The molecule has 0 aliphatic heterocycles. The van der Waals surface area contributed by atoms with Crippen LogP contribution in [-0.4, -0.2) is 15.6 Å². The fourth-order valence-corrected chi connectivity index (χ4v) is 2.67. The first-order valence-corrected chi connectivity index (χ1v) is 8.78. The van der Waals surface area contributed by atoms with E-state index in [0.717, 1.165) is 37.2 Å². The predicted octanol–water partition coefficient (Wildman–Crippen LogP) is 4.72. The number of nitrogens with zero attached hydrogens (tertiary/aromatic N) is 2. The summed E-state index contributed by atoms with van der Waals surface area (Å²) in [4.78, 5) is 12.1. The smallest absolute Gasteiger partial charge is 0.138 e. The number of unbranched alkanes of at least 4 members (excludes halogenated alkanes) is 6. The molecule has 0 N–H and O–H groups in total. The lowest BCUT2D eigenvalue weighted by Crippen LogP contribution is -2.09. The Morgan fingerprint density at radius 1 is 1.05 bits per heavy atom. The van der Waals surface area contributed by atoms with Gasteiger partial charge in [-0.15, -0.1) is 0 Å². The maximum Gasteiger partial charge on any atom is 0.138 e. The van der Waals surface area contributed by atoms with Crippen molar-refractivity contribution in [1.29, 1.82) is 0 Å². The number of hydrogen-bond acceptors (Lipinski definition) is 2. The van der Waals surface area contributed by atoms with Gasteiger partial charge in [0.05, 0.1) is 5.69 Å². The monoisotopic (exact) mass is 292 g/mol. The molecule has 0 radical (unpaired) electrons. The molecule has 0 aromatic carbocycles. The van der Waals surface area contributed by atoms with Gasteiger partial charge in [-0.2, -0.15) is 5.10 Å². The van der Waals surface area contributed by atoms with E-state index in [0.29, 0.717) is 12.2 Å². The first-order chi connectivity index (χ1) is 10.2. The van der Waals surface area contributed by atoms with Crippen molar-refractivity contribution < 1.29 is 4.79 Å². The van der Waals surface area contributed by atoms with Crippen molar-refractivity contribution in [1.82, 2.24) is 9.78 Å². The molecule has 0 spiro atoms. The van der Waals surface area contributed by atoms with E-state index < -0.39 is 0 Å². The molecule has 1 heterocycles. The minimum absolute atomic E-state index is 0.362. The Labute approximate surface area is 130 Å². The van der Waals surface area contributed by atoms with Gasteiger partial charge in [0.25, 0.3) is 0 Å². The standard InChI is InChI=1S/C18H32N2O/c1-4-7-8-9-10-11-12-13-18(21)15-17-14-16(5-2)19-20(17)6-3/h14H,4-13,15H2,1-3H3. The zero-order chi connectivity index (χ0) is 15.5. The van der Waals surface area contributed by atoms with E-state index in [9.17, 15) is 4.79 Å². The Kier molecular flexibility index (Phi) is 9.04. The largest absolute Gasteiger partial charge is 0.299 e. The second-order valence-corrected chi connectivity index (χ2v) is 5.88. The number of hydrogen-bond donors (Lipinski definition) is 0. The van der Waals surface area contributed by atoms with Crippen molar-refractivity contribution in [2.24, 2.45) is 0 Å². The molecule has 0 aliphatic rings. The van der Waals surface area contributed by atoms with Crippen LogP contribution in [0.3, 0.4) is 0 Å². The number of rotatable bonds is 12. The first-order valence-electron chi connectivity index (χ1n) is 8.78. The number of aryl methyl sites for hydroxylation is 2. The van der Waals surface area contributed by atoms with Gasteiger partial charge < -0.3 is 0 Å². The topological polar surface area (TPSA) is 34.9 Å². The molecular formula is C18H32N2O. The lowest BCUT2D eigenvalue weighted by atomic mass is 10.0. The molecule has 1 rings (SSSR count). The SMILES string of the molecule is CCCCCCCCCC(=O)Cc1cc(CC)nn1CC. The molecule has 120 valence electrons. The molecule has 1 aromatic rings. The maximum absolute atomic E-state index is 12.1. The molecule has 0 saturated heterocycles. The Bertz CT molecular complexity index is 409. The van der Waals surface area contributed by atoms with Gasteiger partial charge in [0.1, 0.15) is 5.78 Å². The second-order valence-electron chi connectivity index (χ2n) is 5.88. The van der Waals surface area contributed by atoms with Gasteiger partial charge in [0.15, 0.2) is 0 Å². The quantitative estimate of drug-likeness (QED) is 0.523. The Balaban J connectivity index is 2.23. The third kappa shape index (κ3) is 6.92. The van der Waals surface area contributed by atoms with Crippen LogP contribution < -0.4 is 0 Å². The lowest BCUT2D eigenvalue weighted by molar-refractivity contribution is -0.118. The third-order valence-electron chi connectivity index (χ3n) is 4.01. The summed E-state index contributed by atoms with van der Waals surface area (Å²) in [5, 5.41) is 4.50. The van der Waals surface area contributed by atoms with Crippen LogP contribution >= 0.6 is 0 Å². The van der Waals surface area contributed by atoms with Gasteiger partial charge in [-0.1, -0.05) is 52.4 Å². The van der Waals surface area contributed by atoms with Crippen LogP contribution in [0.5, 0.6) is 0 Å². The molecule has 0 saturated carbocycles. The fraction of sp³-hybridized carbons (Fsp3) is 0.778. The van der Waals surface area contributed by atoms with Gasteiger partial charge in [0, 0.05) is 25.1 Å². The van der Waals surface area contributed by atoms with Crippen molar-refractivity contribution in [3.63, 3.8) is 0 Å². The van der Waals surface area contributed by atoms with E-state index in [1.807, 2.05) is 4.68 Å². The van der Waals surface area contributed by atoms with Crippen LogP contribution in [0.15, 0.2) is 6.07 Å². The molecule has 0 aliphatic carbocycles. The third-order valence-corrected chi connectivity index (χ3v) is 4.01. The van der Waals surface area contributed by atoms with Crippen LogP contribution in [0.1, 0.15) is 83.5 Å². The highest BCUT2D eigenvalue weighted by Crippen LogP contribution is 2.11. The minimum Gasteiger partial charge on any atom is -0.299 e. The predicted molar refractivity (Wildman–Crippen MR) is 88.6 cm³/mol. The van der Waals surface area contributed by atoms with Crippen molar-refractivity contribution in [3.8, 4) is 0 Å².